The van der Waals surface area contributed by atoms with E-state index in [0.717, 1.165) is 0 Å². The summed E-state index contributed by atoms with van der Waals surface area (Å²) in [5.41, 5.74) is -1.28. The molecule has 1 aliphatic carbocycles. The highest BCUT2D eigenvalue weighted by molar-refractivity contribution is 6.01. The molecule has 1 saturated heterocycles. The summed E-state index contributed by atoms with van der Waals surface area (Å²) in [6.07, 6.45) is 5.10. The lowest BCUT2D eigenvalue weighted by Gasteiger charge is -2.35. The Kier molecular flexibility index (Phi) is 1.45. The van der Waals surface area contributed by atoms with Gasteiger partial charge in [-0.25, -0.2) is 0 Å². The molecule has 0 amide bonds. The fourth-order valence-corrected chi connectivity index (χ4v) is 2.02. The molecule has 0 aromatic heterocycles. The highest BCUT2D eigenvalue weighted by atomic mass is 16.6. The fraction of sp³-hybridized carbons (Fsp3) is 0.600. The van der Waals surface area contributed by atoms with Gasteiger partial charge in [0, 0.05) is 0 Å². The van der Waals surface area contributed by atoms with Crippen molar-refractivity contribution >= 4 is 11.9 Å². The number of cyclic esters (lactones) is 2. The maximum Gasteiger partial charge on any atom is 0.320 e. The van der Waals surface area contributed by atoms with Gasteiger partial charge in [0.15, 0.2) is 0 Å². The standard InChI is InChI=1S/C10H12O3/c1-9-5-3-4-6-10(9,2)8(12)13-7(9)11/h3-4H,5-6H2,1-2H3/t9-,10+. The Hall–Kier alpha value is -1.12. The number of esters is 2. The maximum absolute atomic E-state index is 11.5. The van der Waals surface area contributed by atoms with Crippen molar-refractivity contribution in [3.63, 3.8) is 0 Å². The molecule has 3 heteroatoms. The van der Waals surface area contributed by atoms with E-state index in [1.165, 1.54) is 0 Å². The van der Waals surface area contributed by atoms with Gasteiger partial charge < -0.3 is 4.74 Å². The van der Waals surface area contributed by atoms with Crippen molar-refractivity contribution in [3.05, 3.63) is 12.2 Å². The Morgan fingerprint density at radius 3 is 1.85 bits per heavy atom. The summed E-state index contributed by atoms with van der Waals surface area (Å²) in [5.74, 6) is -0.742. The number of carbonyl (C=O) groups is 2. The lowest BCUT2D eigenvalue weighted by Crippen LogP contribution is -2.41. The third-order valence-corrected chi connectivity index (χ3v) is 3.52. The zero-order valence-corrected chi connectivity index (χ0v) is 7.79. The van der Waals surface area contributed by atoms with Crippen LogP contribution in [-0.2, 0) is 14.3 Å². The van der Waals surface area contributed by atoms with Crippen molar-refractivity contribution in [2.24, 2.45) is 10.8 Å². The highest BCUT2D eigenvalue weighted by Gasteiger charge is 2.62. The largest absolute Gasteiger partial charge is 0.392 e. The molecule has 1 aliphatic heterocycles. The van der Waals surface area contributed by atoms with Crippen LogP contribution in [0.15, 0.2) is 12.2 Å². The summed E-state index contributed by atoms with van der Waals surface area (Å²) < 4.78 is 4.70. The zero-order valence-electron chi connectivity index (χ0n) is 7.79. The summed E-state index contributed by atoms with van der Waals surface area (Å²) in [7, 11) is 0. The molecule has 13 heavy (non-hydrogen) atoms. The minimum absolute atomic E-state index is 0.371. The van der Waals surface area contributed by atoms with Crippen LogP contribution in [0.2, 0.25) is 0 Å². The second kappa shape index (κ2) is 2.22. The zero-order chi connectivity index (χ0) is 9.69. The first-order chi connectivity index (χ1) is 6.01. The van der Waals surface area contributed by atoms with Gasteiger partial charge in [-0.1, -0.05) is 12.2 Å². The SMILES string of the molecule is C[C@@]12CC=CC[C@]1(C)C(=O)OC2=O. The molecule has 70 valence electrons. The summed E-state index contributed by atoms with van der Waals surface area (Å²) in [6.45, 7) is 3.62. The van der Waals surface area contributed by atoms with Crippen LogP contribution in [0.1, 0.15) is 26.7 Å². The normalized spacial score (nSPS) is 43.2. The molecule has 2 atom stereocenters. The van der Waals surface area contributed by atoms with Crippen LogP contribution >= 0.6 is 0 Å². The molecule has 0 bridgehead atoms. The molecule has 0 aromatic carbocycles. The van der Waals surface area contributed by atoms with Gasteiger partial charge in [0.05, 0.1) is 10.8 Å². The molecule has 0 N–H and O–H groups in total. The number of hydrogen-bond acceptors (Lipinski definition) is 3. The van der Waals surface area contributed by atoms with E-state index in [0.29, 0.717) is 12.8 Å². The van der Waals surface area contributed by atoms with Gasteiger partial charge in [0.1, 0.15) is 0 Å². The summed E-state index contributed by atoms with van der Waals surface area (Å²) in [4.78, 5) is 22.9. The van der Waals surface area contributed by atoms with Gasteiger partial charge in [0.2, 0.25) is 0 Å². The summed E-state index contributed by atoms with van der Waals surface area (Å²) in [5, 5.41) is 0. The molecule has 0 spiro atoms. The summed E-state index contributed by atoms with van der Waals surface area (Å²) >= 11 is 0. The second-order valence-corrected chi connectivity index (χ2v) is 4.22. The Morgan fingerprint density at radius 2 is 1.46 bits per heavy atom. The van der Waals surface area contributed by atoms with E-state index in [9.17, 15) is 9.59 Å². The fourth-order valence-electron chi connectivity index (χ4n) is 2.02. The van der Waals surface area contributed by atoms with E-state index in [1.807, 2.05) is 26.0 Å². The Morgan fingerprint density at radius 1 is 1.08 bits per heavy atom. The van der Waals surface area contributed by atoms with Gasteiger partial charge in [-0.3, -0.25) is 9.59 Å². The first-order valence-corrected chi connectivity index (χ1v) is 4.42. The Bertz CT molecular complexity index is 288. The van der Waals surface area contributed by atoms with Gasteiger partial charge in [-0.15, -0.1) is 0 Å². The number of allylic oxidation sites excluding steroid dienone is 2. The predicted molar refractivity (Wildman–Crippen MR) is 45.7 cm³/mol. The second-order valence-electron chi connectivity index (χ2n) is 4.22. The minimum Gasteiger partial charge on any atom is -0.392 e. The van der Waals surface area contributed by atoms with Crippen molar-refractivity contribution in [2.75, 3.05) is 0 Å². The molecule has 2 aliphatic rings. The molecule has 2 rings (SSSR count). The van der Waals surface area contributed by atoms with E-state index >= 15 is 0 Å². The first kappa shape index (κ1) is 8.48. The number of fused-ring (bicyclic) bond motifs is 1. The smallest absolute Gasteiger partial charge is 0.320 e. The average molecular weight is 180 g/mol. The molecule has 1 heterocycles. The number of carbonyl (C=O) groups excluding carboxylic acids is 2. The first-order valence-electron chi connectivity index (χ1n) is 4.42. The summed E-state index contributed by atoms with van der Waals surface area (Å²) in [6, 6.07) is 0. The van der Waals surface area contributed by atoms with Crippen molar-refractivity contribution in [2.45, 2.75) is 26.7 Å². The Balaban J connectivity index is 2.54. The van der Waals surface area contributed by atoms with Crippen LogP contribution in [0, 0.1) is 10.8 Å². The maximum atomic E-state index is 11.5. The molecule has 0 saturated carbocycles. The highest BCUT2D eigenvalue weighted by Crippen LogP contribution is 2.53. The van der Waals surface area contributed by atoms with Crippen LogP contribution in [0.25, 0.3) is 0 Å². The van der Waals surface area contributed by atoms with Gasteiger partial charge in [0.25, 0.3) is 0 Å². The minimum atomic E-state index is -0.640. The predicted octanol–water partition coefficient (Wildman–Crippen LogP) is 1.43. The molecule has 3 nitrogen and oxygen atoms in total. The number of ether oxygens (including phenoxy) is 1. The van der Waals surface area contributed by atoms with Crippen LogP contribution in [0.3, 0.4) is 0 Å². The molecule has 0 radical (unpaired) electrons. The average Bonchev–Trinajstić information content (AvgIpc) is 2.25. The third kappa shape index (κ3) is 0.794. The van der Waals surface area contributed by atoms with Crippen LogP contribution < -0.4 is 0 Å². The van der Waals surface area contributed by atoms with E-state index in [4.69, 9.17) is 4.74 Å². The van der Waals surface area contributed by atoms with Gasteiger partial charge >= 0.3 is 11.9 Å². The Labute approximate surface area is 76.8 Å². The van der Waals surface area contributed by atoms with Crippen molar-refractivity contribution in [1.29, 1.82) is 0 Å². The molecular formula is C10H12O3. The van der Waals surface area contributed by atoms with Gasteiger partial charge in [-0.2, -0.15) is 0 Å². The van der Waals surface area contributed by atoms with Crippen molar-refractivity contribution < 1.29 is 14.3 Å². The van der Waals surface area contributed by atoms with Crippen LogP contribution in [0.4, 0.5) is 0 Å². The van der Waals surface area contributed by atoms with E-state index in [2.05, 4.69) is 0 Å². The van der Waals surface area contributed by atoms with Crippen molar-refractivity contribution in [3.8, 4) is 0 Å². The van der Waals surface area contributed by atoms with Crippen molar-refractivity contribution in [1.82, 2.24) is 0 Å². The molecule has 0 aromatic rings. The van der Waals surface area contributed by atoms with Crippen LogP contribution in [-0.4, -0.2) is 11.9 Å². The molecule has 1 fully saturated rings. The number of hydrogen-bond donors (Lipinski definition) is 0. The number of rotatable bonds is 0. The molecule has 0 unspecified atom stereocenters. The van der Waals surface area contributed by atoms with Gasteiger partial charge in [-0.05, 0) is 26.7 Å². The topological polar surface area (TPSA) is 43.4 Å². The van der Waals surface area contributed by atoms with E-state index in [1.54, 1.807) is 0 Å². The monoisotopic (exact) mass is 180 g/mol. The third-order valence-electron chi connectivity index (χ3n) is 3.52. The molecular weight excluding hydrogens is 168 g/mol. The quantitative estimate of drug-likeness (QED) is 0.322. The van der Waals surface area contributed by atoms with E-state index in [-0.39, 0.29) is 11.9 Å². The lowest BCUT2D eigenvalue weighted by atomic mass is 9.61. The van der Waals surface area contributed by atoms with E-state index < -0.39 is 10.8 Å². The lowest BCUT2D eigenvalue weighted by molar-refractivity contribution is -0.155. The van der Waals surface area contributed by atoms with Crippen LogP contribution in [0.5, 0.6) is 0 Å².